The van der Waals surface area contributed by atoms with Crippen LogP contribution in [0, 0.1) is 5.92 Å². The van der Waals surface area contributed by atoms with Crippen LogP contribution in [0.2, 0.25) is 0 Å². The van der Waals surface area contributed by atoms with Crippen LogP contribution < -0.4 is 0 Å². The van der Waals surface area contributed by atoms with Crippen LogP contribution in [0.15, 0.2) is 30.3 Å². The number of hydrogen-bond acceptors (Lipinski definition) is 2. The topological polar surface area (TPSA) is 29.5 Å². The van der Waals surface area contributed by atoms with Gasteiger partial charge in [0.25, 0.3) is 0 Å². The first kappa shape index (κ1) is 14.1. The van der Waals surface area contributed by atoms with Crippen molar-refractivity contribution < 1.29 is 9.53 Å². The molecule has 0 N–H and O–H groups in total. The van der Waals surface area contributed by atoms with Crippen LogP contribution in [0.3, 0.4) is 0 Å². The molecule has 2 rings (SSSR count). The highest BCUT2D eigenvalue weighted by Crippen LogP contribution is 2.34. The number of amides is 1. The quantitative estimate of drug-likeness (QED) is 0.834. The van der Waals surface area contributed by atoms with Crippen molar-refractivity contribution in [1.82, 2.24) is 4.90 Å². The highest BCUT2D eigenvalue weighted by Gasteiger charge is 2.30. The molecular formula is C16H23NO2. The summed E-state index contributed by atoms with van der Waals surface area (Å²) in [7, 11) is 1.58. The van der Waals surface area contributed by atoms with Crippen LogP contribution in [-0.4, -0.2) is 37.6 Å². The lowest BCUT2D eigenvalue weighted by Gasteiger charge is -2.38. The van der Waals surface area contributed by atoms with Crippen molar-refractivity contribution in [1.29, 1.82) is 0 Å². The summed E-state index contributed by atoms with van der Waals surface area (Å²) in [4.78, 5) is 13.9. The second-order valence-corrected chi connectivity index (χ2v) is 5.25. The number of hydrogen-bond donors (Lipinski definition) is 0. The Bertz CT molecular complexity index is 404. The standard InChI is InChI=1S/C16H23NO2/c1-3-13-11-17(16(18)12-19-2)10-9-15(13)14-7-5-4-6-8-14/h4-8,13,15H,3,9-12H2,1-2H3/t13-,15-/m1/s1. The Morgan fingerprint density at radius 3 is 2.74 bits per heavy atom. The van der Waals surface area contributed by atoms with Gasteiger partial charge in [0.2, 0.25) is 5.91 Å². The molecule has 0 bridgehead atoms. The molecule has 1 saturated heterocycles. The maximum atomic E-state index is 11.9. The molecule has 104 valence electrons. The molecule has 1 aromatic rings. The van der Waals surface area contributed by atoms with Crippen molar-refractivity contribution in [2.24, 2.45) is 5.92 Å². The molecule has 1 aliphatic rings. The first-order valence-electron chi connectivity index (χ1n) is 7.08. The second-order valence-electron chi connectivity index (χ2n) is 5.25. The molecule has 1 fully saturated rings. The van der Waals surface area contributed by atoms with Crippen molar-refractivity contribution in [2.45, 2.75) is 25.7 Å². The highest BCUT2D eigenvalue weighted by atomic mass is 16.5. The summed E-state index contributed by atoms with van der Waals surface area (Å²) in [6.07, 6.45) is 2.16. The molecule has 3 nitrogen and oxygen atoms in total. The Kier molecular flexibility index (Phi) is 4.97. The molecular weight excluding hydrogens is 238 g/mol. The lowest BCUT2D eigenvalue weighted by molar-refractivity contribution is -0.137. The average molecular weight is 261 g/mol. The summed E-state index contributed by atoms with van der Waals surface area (Å²) in [5.41, 5.74) is 1.41. The first-order valence-corrected chi connectivity index (χ1v) is 7.08. The van der Waals surface area contributed by atoms with Crippen molar-refractivity contribution >= 4 is 5.91 Å². The largest absolute Gasteiger partial charge is 0.375 e. The number of carbonyl (C=O) groups excluding carboxylic acids is 1. The van der Waals surface area contributed by atoms with Gasteiger partial charge in [-0.1, -0.05) is 43.7 Å². The Morgan fingerprint density at radius 1 is 1.37 bits per heavy atom. The van der Waals surface area contributed by atoms with E-state index in [2.05, 4.69) is 37.3 Å². The van der Waals surface area contributed by atoms with Crippen LogP contribution >= 0.6 is 0 Å². The molecule has 0 unspecified atom stereocenters. The third-order valence-electron chi connectivity index (χ3n) is 4.11. The predicted molar refractivity (Wildman–Crippen MR) is 76.0 cm³/mol. The van der Waals surface area contributed by atoms with Gasteiger partial charge in [0.1, 0.15) is 6.61 Å². The third kappa shape index (κ3) is 3.35. The van der Waals surface area contributed by atoms with Gasteiger partial charge in [0.05, 0.1) is 0 Å². The van der Waals surface area contributed by atoms with E-state index in [9.17, 15) is 4.79 Å². The summed E-state index contributed by atoms with van der Waals surface area (Å²) in [5, 5.41) is 0. The summed E-state index contributed by atoms with van der Waals surface area (Å²) in [6.45, 7) is 4.12. The Morgan fingerprint density at radius 2 is 2.11 bits per heavy atom. The second kappa shape index (κ2) is 6.71. The zero-order chi connectivity index (χ0) is 13.7. The van der Waals surface area contributed by atoms with E-state index in [4.69, 9.17) is 4.74 Å². The first-order chi connectivity index (χ1) is 9.26. The van der Waals surface area contributed by atoms with E-state index in [1.165, 1.54) is 5.56 Å². The van der Waals surface area contributed by atoms with Gasteiger partial charge in [-0.05, 0) is 23.8 Å². The van der Waals surface area contributed by atoms with Gasteiger partial charge in [0.15, 0.2) is 0 Å². The SMILES string of the molecule is CC[C@@H]1CN(C(=O)COC)CC[C@H]1c1ccccc1. The number of likely N-dealkylation sites (tertiary alicyclic amines) is 1. The molecule has 1 heterocycles. The number of methoxy groups -OCH3 is 1. The van der Waals surface area contributed by atoms with Gasteiger partial charge in [-0.15, -0.1) is 0 Å². The number of ether oxygens (including phenoxy) is 1. The molecule has 19 heavy (non-hydrogen) atoms. The molecule has 0 spiro atoms. The Balaban J connectivity index is 2.05. The summed E-state index contributed by atoms with van der Waals surface area (Å²) >= 11 is 0. The van der Waals surface area contributed by atoms with Crippen molar-refractivity contribution in [2.75, 3.05) is 26.8 Å². The van der Waals surface area contributed by atoms with Crippen LogP contribution in [-0.2, 0) is 9.53 Å². The number of carbonyl (C=O) groups is 1. The van der Waals surface area contributed by atoms with Gasteiger partial charge in [-0.3, -0.25) is 4.79 Å². The maximum absolute atomic E-state index is 11.9. The van der Waals surface area contributed by atoms with Crippen LogP contribution in [0.5, 0.6) is 0 Å². The van der Waals surface area contributed by atoms with Gasteiger partial charge < -0.3 is 9.64 Å². The van der Waals surface area contributed by atoms with E-state index in [1.807, 2.05) is 4.90 Å². The summed E-state index contributed by atoms with van der Waals surface area (Å²) in [6, 6.07) is 10.7. The fourth-order valence-corrected chi connectivity index (χ4v) is 3.03. The summed E-state index contributed by atoms with van der Waals surface area (Å²) in [5.74, 6) is 1.25. The highest BCUT2D eigenvalue weighted by molar-refractivity contribution is 5.77. The number of nitrogens with zero attached hydrogens (tertiary/aromatic N) is 1. The predicted octanol–water partition coefficient (Wildman–Crippen LogP) is 2.68. The molecule has 0 aromatic heterocycles. The molecule has 0 radical (unpaired) electrons. The fraction of sp³-hybridized carbons (Fsp3) is 0.562. The molecule has 1 aliphatic heterocycles. The van der Waals surface area contributed by atoms with Crippen molar-refractivity contribution in [3.63, 3.8) is 0 Å². The lowest BCUT2D eigenvalue weighted by Crippen LogP contribution is -2.44. The fourth-order valence-electron chi connectivity index (χ4n) is 3.03. The van der Waals surface area contributed by atoms with Crippen molar-refractivity contribution in [3.8, 4) is 0 Å². The van der Waals surface area contributed by atoms with Gasteiger partial charge in [-0.25, -0.2) is 0 Å². The normalized spacial score (nSPS) is 23.4. The van der Waals surface area contributed by atoms with Gasteiger partial charge >= 0.3 is 0 Å². The summed E-state index contributed by atoms with van der Waals surface area (Å²) < 4.78 is 4.95. The smallest absolute Gasteiger partial charge is 0.248 e. The average Bonchev–Trinajstić information content (AvgIpc) is 2.47. The third-order valence-corrected chi connectivity index (χ3v) is 4.11. The van der Waals surface area contributed by atoms with E-state index in [-0.39, 0.29) is 12.5 Å². The lowest BCUT2D eigenvalue weighted by atomic mass is 9.79. The number of piperidine rings is 1. The monoisotopic (exact) mass is 261 g/mol. The minimum atomic E-state index is 0.118. The molecule has 1 aromatic carbocycles. The minimum Gasteiger partial charge on any atom is -0.375 e. The van der Waals surface area contributed by atoms with Crippen LogP contribution in [0.4, 0.5) is 0 Å². The van der Waals surface area contributed by atoms with Crippen LogP contribution in [0.25, 0.3) is 0 Å². The van der Waals surface area contributed by atoms with Crippen LogP contribution in [0.1, 0.15) is 31.2 Å². The van der Waals surface area contributed by atoms with E-state index < -0.39 is 0 Å². The zero-order valence-corrected chi connectivity index (χ0v) is 11.8. The number of benzene rings is 1. The molecule has 0 saturated carbocycles. The number of rotatable bonds is 4. The molecule has 1 amide bonds. The molecule has 3 heteroatoms. The Hall–Kier alpha value is -1.35. The van der Waals surface area contributed by atoms with E-state index in [0.29, 0.717) is 11.8 Å². The van der Waals surface area contributed by atoms with Gasteiger partial charge in [0, 0.05) is 20.2 Å². The van der Waals surface area contributed by atoms with Crippen molar-refractivity contribution in [3.05, 3.63) is 35.9 Å². The van der Waals surface area contributed by atoms with Gasteiger partial charge in [-0.2, -0.15) is 0 Å². The van der Waals surface area contributed by atoms with E-state index in [0.717, 1.165) is 25.9 Å². The minimum absolute atomic E-state index is 0.118. The Labute approximate surface area is 115 Å². The maximum Gasteiger partial charge on any atom is 0.248 e. The van der Waals surface area contributed by atoms with E-state index in [1.54, 1.807) is 7.11 Å². The molecule has 2 atom stereocenters. The zero-order valence-electron chi connectivity index (χ0n) is 11.8. The molecule has 0 aliphatic carbocycles. The van der Waals surface area contributed by atoms with E-state index >= 15 is 0 Å².